The molecule has 30 heavy (non-hydrogen) atoms. The van der Waals surface area contributed by atoms with E-state index >= 15 is 0 Å². The standard InChI is InChI=1S/C23H24ClNO4S/c1-15(2)29-21-18(24)12-17(13-19(21)28-3)14-20-22(26)25(23(27)30-20)11-7-10-16-8-5-4-6-9-16/h4-6,8-9,12-15H,7,10-11H2,1-3H3/b20-14+. The van der Waals surface area contributed by atoms with E-state index < -0.39 is 0 Å². The van der Waals surface area contributed by atoms with Gasteiger partial charge in [0.2, 0.25) is 0 Å². The van der Waals surface area contributed by atoms with Gasteiger partial charge in [-0.1, -0.05) is 41.9 Å². The van der Waals surface area contributed by atoms with Crippen molar-refractivity contribution in [3.8, 4) is 11.5 Å². The zero-order valence-electron chi connectivity index (χ0n) is 17.2. The molecule has 0 aromatic heterocycles. The third-order valence-electron chi connectivity index (χ3n) is 4.47. The van der Waals surface area contributed by atoms with Gasteiger partial charge in [-0.05, 0) is 67.8 Å². The number of aryl methyl sites for hydroxylation is 1. The lowest BCUT2D eigenvalue weighted by molar-refractivity contribution is -0.122. The summed E-state index contributed by atoms with van der Waals surface area (Å²) < 4.78 is 11.1. The van der Waals surface area contributed by atoms with Gasteiger partial charge in [-0.3, -0.25) is 14.5 Å². The number of hydrogen-bond acceptors (Lipinski definition) is 5. The fourth-order valence-electron chi connectivity index (χ4n) is 3.10. The molecule has 1 aliphatic rings. The zero-order valence-corrected chi connectivity index (χ0v) is 18.8. The van der Waals surface area contributed by atoms with E-state index in [2.05, 4.69) is 0 Å². The second-order valence-corrected chi connectivity index (χ2v) is 8.52. The summed E-state index contributed by atoms with van der Waals surface area (Å²) in [5.41, 5.74) is 1.85. The monoisotopic (exact) mass is 445 g/mol. The molecule has 5 nitrogen and oxygen atoms in total. The highest BCUT2D eigenvalue weighted by molar-refractivity contribution is 8.18. The topological polar surface area (TPSA) is 55.8 Å². The van der Waals surface area contributed by atoms with Crippen LogP contribution >= 0.6 is 23.4 Å². The summed E-state index contributed by atoms with van der Waals surface area (Å²) in [7, 11) is 1.53. The van der Waals surface area contributed by atoms with E-state index in [1.807, 2.05) is 44.2 Å². The summed E-state index contributed by atoms with van der Waals surface area (Å²) in [4.78, 5) is 26.8. The summed E-state index contributed by atoms with van der Waals surface area (Å²) in [6.45, 7) is 4.19. The first-order chi connectivity index (χ1) is 14.4. The Labute approximate surface area is 186 Å². The lowest BCUT2D eigenvalue weighted by Gasteiger charge is -2.15. The van der Waals surface area contributed by atoms with Gasteiger partial charge in [0.1, 0.15) is 0 Å². The summed E-state index contributed by atoms with van der Waals surface area (Å²) >= 11 is 7.30. The number of imide groups is 1. The van der Waals surface area contributed by atoms with Crippen LogP contribution in [0.5, 0.6) is 11.5 Å². The van der Waals surface area contributed by atoms with Gasteiger partial charge in [-0.25, -0.2) is 0 Å². The van der Waals surface area contributed by atoms with E-state index in [0.29, 0.717) is 33.5 Å². The van der Waals surface area contributed by atoms with Crippen LogP contribution in [-0.2, 0) is 11.2 Å². The van der Waals surface area contributed by atoms with Crippen LogP contribution in [0.1, 0.15) is 31.4 Å². The number of hydrogen-bond donors (Lipinski definition) is 0. The van der Waals surface area contributed by atoms with Crippen LogP contribution in [-0.4, -0.2) is 35.8 Å². The van der Waals surface area contributed by atoms with Crippen LogP contribution in [0, 0.1) is 0 Å². The Morgan fingerprint density at radius 2 is 1.90 bits per heavy atom. The Balaban J connectivity index is 1.72. The highest BCUT2D eigenvalue weighted by atomic mass is 35.5. The molecular formula is C23H24ClNO4S. The van der Waals surface area contributed by atoms with E-state index in [0.717, 1.165) is 24.6 Å². The van der Waals surface area contributed by atoms with Gasteiger partial charge in [0.15, 0.2) is 11.5 Å². The quantitative estimate of drug-likeness (QED) is 0.480. The summed E-state index contributed by atoms with van der Waals surface area (Å²) in [5.74, 6) is 0.653. The fourth-order valence-corrected chi connectivity index (χ4v) is 4.23. The van der Waals surface area contributed by atoms with Crippen molar-refractivity contribution in [2.45, 2.75) is 32.8 Å². The maximum Gasteiger partial charge on any atom is 0.293 e. The lowest BCUT2D eigenvalue weighted by Crippen LogP contribution is -2.29. The largest absolute Gasteiger partial charge is 0.493 e. The van der Waals surface area contributed by atoms with Crippen LogP contribution in [0.2, 0.25) is 5.02 Å². The van der Waals surface area contributed by atoms with E-state index in [1.165, 1.54) is 17.6 Å². The average molecular weight is 446 g/mol. The van der Waals surface area contributed by atoms with E-state index in [1.54, 1.807) is 18.2 Å². The third kappa shape index (κ3) is 5.37. The number of amides is 2. The van der Waals surface area contributed by atoms with Crippen molar-refractivity contribution < 1.29 is 19.1 Å². The molecule has 2 aromatic rings. The number of rotatable bonds is 8. The number of thioether (sulfide) groups is 1. The molecule has 0 radical (unpaired) electrons. The number of nitrogens with zero attached hydrogens (tertiary/aromatic N) is 1. The van der Waals surface area contributed by atoms with Gasteiger partial charge < -0.3 is 9.47 Å². The molecule has 0 aliphatic carbocycles. The first-order valence-electron chi connectivity index (χ1n) is 9.72. The summed E-state index contributed by atoms with van der Waals surface area (Å²) in [6, 6.07) is 13.4. The number of methoxy groups -OCH3 is 1. The van der Waals surface area contributed by atoms with Crippen molar-refractivity contribution in [2.75, 3.05) is 13.7 Å². The normalized spacial score (nSPS) is 15.4. The Morgan fingerprint density at radius 3 is 2.57 bits per heavy atom. The molecule has 0 N–H and O–H groups in total. The van der Waals surface area contributed by atoms with Gasteiger partial charge in [0.05, 0.1) is 23.1 Å². The van der Waals surface area contributed by atoms with Gasteiger partial charge >= 0.3 is 0 Å². The smallest absolute Gasteiger partial charge is 0.293 e. The molecule has 1 heterocycles. The molecule has 1 aliphatic heterocycles. The van der Waals surface area contributed by atoms with Crippen LogP contribution in [0.25, 0.3) is 6.08 Å². The second kappa shape index (κ2) is 10.0. The minimum Gasteiger partial charge on any atom is -0.493 e. The van der Waals surface area contributed by atoms with E-state index in [4.69, 9.17) is 21.1 Å². The lowest BCUT2D eigenvalue weighted by atomic mass is 10.1. The highest BCUT2D eigenvalue weighted by Crippen LogP contribution is 2.39. The molecule has 2 aromatic carbocycles. The summed E-state index contributed by atoms with van der Waals surface area (Å²) in [5, 5.41) is 0.133. The molecule has 3 rings (SSSR count). The van der Waals surface area contributed by atoms with Gasteiger partial charge in [0.25, 0.3) is 11.1 Å². The predicted octanol–water partition coefficient (Wildman–Crippen LogP) is 5.80. The molecule has 0 saturated carbocycles. The molecule has 0 unspecified atom stereocenters. The number of carbonyl (C=O) groups is 2. The molecular weight excluding hydrogens is 422 g/mol. The Hall–Kier alpha value is -2.44. The van der Waals surface area contributed by atoms with Crippen molar-refractivity contribution in [3.05, 3.63) is 63.5 Å². The molecule has 0 spiro atoms. The van der Waals surface area contributed by atoms with Crippen molar-refractivity contribution in [3.63, 3.8) is 0 Å². The SMILES string of the molecule is COc1cc(/C=C2/SC(=O)N(CCCc3ccccc3)C2=O)cc(Cl)c1OC(C)C. The maximum atomic E-state index is 12.7. The number of halogens is 1. The van der Waals surface area contributed by atoms with Gasteiger partial charge in [0, 0.05) is 6.54 Å². The van der Waals surface area contributed by atoms with Crippen LogP contribution < -0.4 is 9.47 Å². The first kappa shape index (κ1) is 22.2. The minimum atomic E-state index is -0.282. The molecule has 0 atom stereocenters. The third-order valence-corrected chi connectivity index (χ3v) is 5.65. The zero-order chi connectivity index (χ0) is 21.7. The number of benzene rings is 2. The van der Waals surface area contributed by atoms with Crippen molar-refractivity contribution in [1.82, 2.24) is 4.90 Å². The first-order valence-corrected chi connectivity index (χ1v) is 10.9. The highest BCUT2D eigenvalue weighted by Gasteiger charge is 2.34. The maximum absolute atomic E-state index is 12.7. The predicted molar refractivity (Wildman–Crippen MR) is 121 cm³/mol. The van der Waals surface area contributed by atoms with E-state index in [-0.39, 0.29) is 17.3 Å². The van der Waals surface area contributed by atoms with Crippen LogP contribution in [0.4, 0.5) is 4.79 Å². The molecule has 1 fully saturated rings. The second-order valence-electron chi connectivity index (χ2n) is 7.12. The Bertz CT molecular complexity index is 959. The van der Waals surface area contributed by atoms with Gasteiger partial charge in [-0.2, -0.15) is 0 Å². The number of ether oxygens (including phenoxy) is 2. The van der Waals surface area contributed by atoms with Crippen molar-refractivity contribution >= 4 is 40.6 Å². The van der Waals surface area contributed by atoms with Crippen molar-refractivity contribution in [2.24, 2.45) is 0 Å². The van der Waals surface area contributed by atoms with Gasteiger partial charge in [-0.15, -0.1) is 0 Å². The Morgan fingerprint density at radius 1 is 1.17 bits per heavy atom. The number of carbonyl (C=O) groups excluding carboxylic acids is 2. The fraction of sp³-hybridized carbons (Fsp3) is 0.304. The molecule has 2 amide bonds. The van der Waals surface area contributed by atoms with Crippen molar-refractivity contribution in [1.29, 1.82) is 0 Å². The summed E-state index contributed by atoms with van der Waals surface area (Å²) in [6.07, 6.45) is 3.13. The van der Waals surface area contributed by atoms with E-state index in [9.17, 15) is 9.59 Å². The average Bonchev–Trinajstić information content (AvgIpc) is 2.97. The van der Waals surface area contributed by atoms with Crippen LogP contribution in [0.3, 0.4) is 0 Å². The molecule has 7 heteroatoms. The minimum absolute atomic E-state index is 0.0605. The molecule has 1 saturated heterocycles. The molecule has 0 bridgehead atoms. The Kier molecular flexibility index (Phi) is 7.45. The van der Waals surface area contributed by atoms with Crippen LogP contribution in [0.15, 0.2) is 47.4 Å². The molecule has 158 valence electrons.